The van der Waals surface area contributed by atoms with Crippen LogP contribution in [0.25, 0.3) is 0 Å². The van der Waals surface area contributed by atoms with Gasteiger partial charge in [-0.25, -0.2) is 4.79 Å². The number of esters is 1. The number of carbonyl (C=O) groups is 2. The third-order valence-electron chi connectivity index (χ3n) is 5.68. The highest BCUT2D eigenvalue weighted by Gasteiger charge is 2.65. The van der Waals surface area contributed by atoms with Crippen LogP contribution in [0.2, 0.25) is 0 Å². The van der Waals surface area contributed by atoms with E-state index < -0.39 is 28.2 Å². The summed E-state index contributed by atoms with van der Waals surface area (Å²) in [6.45, 7) is 5.43. The zero-order valence-corrected chi connectivity index (χ0v) is 15.2. The summed E-state index contributed by atoms with van der Waals surface area (Å²) in [6, 6.07) is 0. The highest BCUT2D eigenvalue weighted by molar-refractivity contribution is 7.92. The molecule has 0 amide bonds. The standard InChI is InChI=1S/C18H22O5S/c1-10-7-12-15(13(10)8-24(22)9-14(19)23-4)11(2)18(5-6-18)17(3,21)16(12)20/h7,21H,5-6,8-9H2,1-4H3/t17-,24?/m0/s1. The van der Waals surface area contributed by atoms with E-state index in [9.17, 15) is 19.2 Å². The summed E-state index contributed by atoms with van der Waals surface area (Å²) in [5.41, 5.74) is 2.20. The van der Waals surface area contributed by atoms with Gasteiger partial charge in [0, 0.05) is 16.6 Å². The fraction of sp³-hybridized carbons (Fsp3) is 0.556. The molecule has 0 bridgehead atoms. The number of carbonyl (C=O) groups excluding carboxylic acids is 2. The molecular weight excluding hydrogens is 328 g/mol. The highest BCUT2D eigenvalue weighted by Crippen LogP contribution is 2.64. The SMILES string of the molecule is COC(=O)C[S+]([O-])CC1=C(C)C=C2C(=O)[C@](C)(O)C3(CC3)C(C)=C21. The van der Waals surface area contributed by atoms with E-state index in [0.29, 0.717) is 5.57 Å². The molecule has 0 saturated heterocycles. The maximum absolute atomic E-state index is 12.8. The van der Waals surface area contributed by atoms with Gasteiger partial charge < -0.3 is 14.4 Å². The Morgan fingerprint density at radius 3 is 2.58 bits per heavy atom. The molecule has 1 N–H and O–H groups in total. The Labute approximate surface area is 144 Å². The molecule has 3 aliphatic carbocycles. The summed E-state index contributed by atoms with van der Waals surface area (Å²) in [4.78, 5) is 24.1. The van der Waals surface area contributed by atoms with Crippen LogP contribution in [0, 0.1) is 5.41 Å². The van der Waals surface area contributed by atoms with Crippen molar-refractivity contribution in [2.75, 3.05) is 18.6 Å². The van der Waals surface area contributed by atoms with E-state index in [1.54, 1.807) is 13.0 Å². The van der Waals surface area contributed by atoms with Crippen molar-refractivity contribution in [3.63, 3.8) is 0 Å². The van der Waals surface area contributed by atoms with Crippen LogP contribution >= 0.6 is 0 Å². The molecule has 1 saturated carbocycles. The average molecular weight is 350 g/mol. The van der Waals surface area contributed by atoms with Gasteiger partial charge >= 0.3 is 5.97 Å². The number of Topliss-reactive ketones (excluding diaryl/α,β-unsaturated/α-hetero) is 1. The van der Waals surface area contributed by atoms with Crippen molar-refractivity contribution in [2.24, 2.45) is 5.41 Å². The molecular formula is C18H22O5S. The lowest BCUT2D eigenvalue weighted by atomic mass is 9.67. The first-order valence-electron chi connectivity index (χ1n) is 7.98. The Hall–Kier alpha value is -1.37. The van der Waals surface area contributed by atoms with E-state index in [1.807, 2.05) is 13.8 Å². The number of allylic oxidation sites excluding steroid dienone is 3. The maximum Gasteiger partial charge on any atom is 0.356 e. The number of hydrogen-bond acceptors (Lipinski definition) is 5. The molecule has 5 nitrogen and oxygen atoms in total. The summed E-state index contributed by atoms with van der Waals surface area (Å²) in [5.74, 6) is -0.719. The number of fused-ring (bicyclic) bond motifs is 1. The summed E-state index contributed by atoms with van der Waals surface area (Å²) in [7, 11) is 1.27. The molecule has 1 spiro atoms. The highest BCUT2D eigenvalue weighted by atomic mass is 32.2. The zero-order chi connectivity index (χ0) is 17.9. The van der Waals surface area contributed by atoms with Crippen molar-refractivity contribution < 1.29 is 24.0 Å². The third kappa shape index (κ3) is 2.31. The molecule has 0 heterocycles. The molecule has 6 heteroatoms. The fourth-order valence-corrected chi connectivity index (χ4v) is 5.18. The van der Waals surface area contributed by atoms with Gasteiger partial charge in [-0.1, -0.05) is 5.57 Å². The molecule has 0 aliphatic heterocycles. The molecule has 2 atom stereocenters. The Bertz CT molecular complexity index is 722. The van der Waals surface area contributed by atoms with Crippen LogP contribution in [0.4, 0.5) is 0 Å². The molecule has 1 unspecified atom stereocenters. The molecule has 3 aliphatic rings. The van der Waals surface area contributed by atoms with E-state index in [-0.39, 0.29) is 17.3 Å². The van der Waals surface area contributed by atoms with Crippen LogP contribution in [-0.2, 0) is 25.5 Å². The molecule has 3 rings (SSSR count). The normalized spacial score (nSPS) is 28.9. The van der Waals surface area contributed by atoms with Gasteiger partial charge in [-0.2, -0.15) is 0 Å². The molecule has 0 radical (unpaired) electrons. The predicted molar refractivity (Wildman–Crippen MR) is 90.7 cm³/mol. The molecule has 24 heavy (non-hydrogen) atoms. The molecule has 0 aromatic rings. The maximum atomic E-state index is 12.8. The topological polar surface area (TPSA) is 86.7 Å². The van der Waals surface area contributed by atoms with Crippen molar-refractivity contribution in [1.29, 1.82) is 0 Å². The van der Waals surface area contributed by atoms with Crippen LogP contribution in [0.1, 0.15) is 33.6 Å². The predicted octanol–water partition coefficient (Wildman–Crippen LogP) is 1.59. The molecule has 130 valence electrons. The van der Waals surface area contributed by atoms with E-state index in [2.05, 4.69) is 4.74 Å². The van der Waals surface area contributed by atoms with Gasteiger partial charge in [0.1, 0.15) is 11.4 Å². The quantitative estimate of drug-likeness (QED) is 0.615. The van der Waals surface area contributed by atoms with Crippen molar-refractivity contribution in [3.8, 4) is 0 Å². The number of hydrogen-bond donors (Lipinski definition) is 1. The van der Waals surface area contributed by atoms with Crippen molar-refractivity contribution in [1.82, 2.24) is 0 Å². The first-order valence-corrected chi connectivity index (χ1v) is 9.47. The number of ether oxygens (including phenoxy) is 1. The van der Waals surface area contributed by atoms with Gasteiger partial charge in [-0.05, 0) is 62.0 Å². The van der Waals surface area contributed by atoms with Gasteiger partial charge in [0.2, 0.25) is 5.75 Å². The summed E-state index contributed by atoms with van der Waals surface area (Å²) < 4.78 is 16.8. The summed E-state index contributed by atoms with van der Waals surface area (Å²) >= 11 is -1.40. The van der Waals surface area contributed by atoms with Gasteiger partial charge in [0.25, 0.3) is 0 Å². The summed E-state index contributed by atoms with van der Waals surface area (Å²) in [5, 5.41) is 10.8. The second kappa shape index (κ2) is 5.58. The minimum Gasteiger partial charge on any atom is -0.616 e. The molecule has 1 fully saturated rings. The lowest BCUT2D eigenvalue weighted by Crippen LogP contribution is -2.49. The minimum absolute atomic E-state index is 0.161. The third-order valence-corrected chi connectivity index (χ3v) is 6.85. The van der Waals surface area contributed by atoms with Crippen molar-refractivity contribution in [3.05, 3.63) is 33.9 Å². The zero-order valence-electron chi connectivity index (χ0n) is 14.4. The Kier molecular flexibility index (Phi) is 4.06. The van der Waals surface area contributed by atoms with Gasteiger partial charge in [0.15, 0.2) is 5.78 Å². The van der Waals surface area contributed by atoms with E-state index in [1.165, 1.54) is 7.11 Å². The van der Waals surface area contributed by atoms with Crippen LogP contribution in [-0.4, -0.2) is 45.6 Å². The van der Waals surface area contributed by atoms with E-state index >= 15 is 0 Å². The monoisotopic (exact) mass is 350 g/mol. The number of aliphatic hydroxyl groups is 1. The second-order valence-electron chi connectivity index (χ2n) is 7.01. The minimum atomic E-state index is -1.40. The lowest BCUT2D eigenvalue weighted by molar-refractivity contribution is -0.138. The molecule has 0 aromatic heterocycles. The van der Waals surface area contributed by atoms with Crippen molar-refractivity contribution >= 4 is 22.9 Å². The van der Waals surface area contributed by atoms with Gasteiger partial charge in [-0.15, -0.1) is 0 Å². The number of ketones is 1. The Morgan fingerprint density at radius 2 is 2.04 bits per heavy atom. The Morgan fingerprint density at radius 1 is 1.42 bits per heavy atom. The lowest BCUT2D eigenvalue weighted by Gasteiger charge is -2.39. The van der Waals surface area contributed by atoms with E-state index in [4.69, 9.17) is 0 Å². The fourth-order valence-electron chi connectivity index (χ4n) is 4.00. The number of rotatable bonds is 4. The van der Waals surface area contributed by atoms with Gasteiger partial charge in [-0.3, -0.25) is 4.79 Å². The smallest absolute Gasteiger partial charge is 0.356 e. The average Bonchev–Trinajstić information content (AvgIpc) is 3.27. The summed E-state index contributed by atoms with van der Waals surface area (Å²) in [6.07, 6.45) is 3.34. The van der Waals surface area contributed by atoms with Crippen LogP contribution in [0.3, 0.4) is 0 Å². The second-order valence-corrected chi connectivity index (χ2v) is 8.46. The van der Waals surface area contributed by atoms with Crippen LogP contribution < -0.4 is 0 Å². The first kappa shape index (κ1) is 17.5. The largest absolute Gasteiger partial charge is 0.616 e. The van der Waals surface area contributed by atoms with Gasteiger partial charge in [0.05, 0.1) is 7.11 Å². The Balaban J connectivity index is 1.96. The van der Waals surface area contributed by atoms with Crippen LogP contribution in [0.15, 0.2) is 33.9 Å². The number of methoxy groups -OCH3 is 1. The van der Waals surface area contributed by atoms with Crippen LogP contribution in [0.5, 0.6) is 0 Å². The molecule has 0 aromatic carbocycles. The first-order chi connectivity index (χ1) is 11.2. The van der Waals surface area contributed by atoms with Crippen molar-refractivity contribution in [2.45, 2.75) is 39.2 Å². The van der Waals surface area contributed by atoms with E-state index in [0.717, 1.165) is 35.1 Å².